The molecule has 6 nitrogen and oxygen atoms in total. The summed E-state index contributed by atoms with van der Waals surface area (Å²) in [6, 6.07) is 9.24. The monoisotopic (exact) mass is 321 g/mol. The molecule has 0 bridgehead atoms. The van der Waals surface area contributed by atoms with Crippen LogP contribution in [0.15, 0.2) is 30.3 Å². The molecule has 1 aromatic carbocycles. The van der Waals surface area contributed by atoms with Gasteiger partial charge in [0.05, 0.1) is 6.04 Å². The van der Waals surface area contributed by atoms with Crippen molar-refractivity contribution in [1.82, 2.24) is 5.32 Å². The largest absolute Gasteiger partial charge is 0.456 e. The van der Waals surface area contributed by atoms with Gasteiger partial charge in [0.1, 0.15) is 0 Å². The van der Waals surface area contributed by atoms with Gasteiger partial charge in [-0.15, -0.1) is 0 Å². The molecular weight excluding hydrogens is 293 g/mol. The van der Waals surface area contributed by atoms with Crippen molar-refractivity contribution >= 4 is 13.0 Å². The van der Waals surface area contributed by atoms with Crippen molar-refractivity contribution in [3.63, 3.8) is 0 Å². The summed E-state index contributed by atoms with van der Waals surface area (Å²) in [7, 11) is -1.47. The van der Waals surface area contributed by atoms with Crippen molar-refractivity contribution in [2.24, 2.45) is 11.5 Å². The molecule has 0 radical (unpaired) electrons. The molecule has 1 rings (SSSR count). The summed E-state index contributed by atoms with van der Waals surface area (Å²) in [5.74, 6) is -0.678. The SMILES string of the molecule is NCCCC[C@H](N)C(=O)NCC(CCc1ccccc1)B(O)O. The Morgan fingerprint density at radius 1 is 1.17 bits per heavy atom. The zero-order valence-electron chi connectivity index (χ0n) is 13.5. The fourth-order valence-electron chi connectivity index (χ4n) is 2.36. The second-order valence-electron chi connectivity index (χ2n) is 5.83. The minimum absolute atomic E-state index is 0.202. The number of nitrogens with one attached hydrogen (secondary N) is 1. The highest BCUT2D eigenvalue weighted by Crippen LogP contribution is 2.16. The van der Waals surface area contributed by atoms with E-state index in [0.29, 0.717) is 19.4 Å². The molecule has 23 heavy (non-hydrogen) atoms. The smallest absolute Gasteiger partial charge is 0.427 e. The van der Waals surface area contributed by atoms with Gasteiger partial charge in [-0.3, -0.25) is 4.79 Å². The lowest BCUT2D eigenvalue weighted by molar-refractivity contribution is -0.122. The van der Waals surface area contributed by atoms with Crippen LogP contribution in [0.2, 0.25) is 5.82 Å². The van der Waals surface area contributed by atoms with E-state index in [-0.39, 0.29) is 12.5 Å². The molecule has 128 valence electrons. The molecule has 0 aliphatic rings. The lowest BCUT2D eigenvalue weighted by atomic mass is 9.70. The quantitative estimate of drug-likeness (QED) is 0.291. The van der Waals surface area contributed by atoms with Crippen LogP contribution in [-0.2, 0) is 11.2 Å². The number of unbranched alkanes of at least 4 members (excludes halogenated alkanes) is 1. The maximum absolute atomic E-state index is 11.9. The van der Waals surface area contributed by atoms with Crippen LogP contribution in [0.4, 0.5) is 0 Å². The van der Waals surface area contributed by atoms with Gasteiger partial charge in [-0.1, -0.05) is 36.8 Å². The summed E-state index contributed by atoms with van der Waals surface area (Å²) in [6.45, 7) is 0.792. The van der Waals surface area contributed by atoms with E-state index in [1.165, 1.54) is 0 Å². The number of amides is 1. The predicted octanol–water partition coefficient (Wildman–Crippen LogP) is 0.0347. The van der Waals surface area contributed by atoms with Crippen LogP contribution in [0.5, 0.6) is 0 Å². The third-order valence-corrected chi connectivity index (χ3v) is 3.91. The van der Waals surface area contributed by atoms with E-state index in [1.807, 2.05) is 30.3 Å². The van der Waals surface area contributed by atoms with Crippen LogP contribution in [0.25, 0.3) is 0 Å². The number of nitrogens with two attached hydrogens (primary N) is 2. The molecule has 1 amide bonds. The highest BCUT2D eigenvalue weighted by Gasteiger charge is 2.24. The van der Waals surface area contributed by atoms with E-state index in [4.69, 9.17) is 11.5 Å². The van der Waals surface area contributed by atoms with Gasteiger partial charge in [0.25, 0.3) is 0 Å². The van der Waals surface area contributed by atoms with Crippen molar-refractivity contribution in [3.05, 3.63) is 35.9 Å². The Balaban J connectivity index is 2.36. The molecule has 7 N–H and O–H groups in total. The van der Waals surface area contributed by atoms with E-state index < -0.39 is 19.0 Å². The van der Waals surface area contributed by atoms with Crippen LogP contribution in [0, 0.1) is 0 Å². The summed E-state index contributed by atoms with van der Waals surface area (Å²) in [6.07, 6.45) is 3.53. The molecule has 1 aromatic rings. The lowest BCUT2D eigenvalue weighted by Gasteiger charge is -2.18. The fraction of sp³-hybridized carbons (Fsp3) is 0.562. The third kappa shape index (κ3) is 8.13. The summed E-state index contributed by atoms with van der Waals surface area (Å²) in [4.78, 5) is 11.9. The summed E-state index contributed by atoms with van der Waals surface area (Å²) in [5, 5.41) is 21.7. The number of aryl methyl sites for hydroxylation is 1. The van der Waals surface area contributed by atoms with Crippen molar-refractivity contribution in [2.45, 2.75) is 44.0 Å². The van der Waals surface area contributed by atoms with Crippen molar-refractivity contribution in [3.8, 4) is 0 Å². The highest BCUT2D eigenvalue weighted by molar-refractivity contribution is 6.43. The highest BCUT2D eigenvalue weighted by atomic mass is 16.4. The Labute approximate surface area is 138 Å². The predicted molar refractivity (Wildman–Crippen MR) is 92.6 cm³/mol. The van der Waals surface area contributed by atoms with Crippen LogP contribution in [-0.4, -0.2) is 42.2 Å². The fourth-order valence-corrected chi connectivity index (χ4v) is 2.36. The zero-order valence-corrected chi connectivity index (χ0v) is 13.5. The zero-order chi connectivity index (χ0) is 17.1. The minimum atomic E-state index is -1.47. The van der Waals surface area contributed by atoms with Crippen molar-refractivity contribution in [2.75, 3.05) is 13.1 Å². The van der Waals surface area contributed by atoms with Gasteiger partial charge in [-0.2, -0.15) is 0 Å². The van der Waals surface area contributed by atoms with E-state index in [2.05, 4.69) is 5.32 Å². The maximum Gasteiger partial charge on any atom is 0.456 e. The molecule has 1 unspecified atom stereocenters. The van der Waals surface area contributed by atoms with Crippen LogP contribution < -0.4 is 16.8 Å². The first kappa shape index (κ1) is 19.6. The molecule has 0 aliphatic carbocycles. The van der Waals surface area contributed by atoms with E-state index in [9.17, 15) is 14.8 Å². The van der Waals surface area contributed by atoms with Crippen LogP contribution >= 0.6 is 0 Å². The van der Waals surface area contributed by atoms with Gasteiger partial charge >= 0.3 is 7.12 Å². The van der Waals surface area contributed by atoms with Gasteiger partial charge in [0.15, 0.2) is 0 Å². The number of hydrogen-bond donors (Lipinski definition) is 5. The molecule has 0 saturated heterocycles. The van der Waals surface area contributed by atoms with Crippen molar-refractivity contribution in [1.29, 1.82) is 0 Å². The molecule has 0 aliphatic heterocycles. The second kappa shape index (κ2) is 11.2. The summed E-state index contributed by atoms with van der Waals surface area (Å²) in [5.41, 5.74) is 12.3. The first-order valence-electron chi connectivity index (χ1n) is 8.18. The molecule has 0 aromatic heterocycles. The van der Waals surface area contributed by atoms with Gasteiger partial charge < -0.3 is 26.8 Å². The Hall–Kier alpha value is -1.41. The van der Waals surface area contributed by atoms with Crippen LogP contribution in [0.1, 0.15) is 31.2 Å². The third-order valence-electron chi connectivity index (χ3n) is 3.91. The van der Waals surface area contributed by atoms with E-state index >= 15 is 0 Å². The molecule has 0 heterocycles. The number of benzene rings is 1. The Morgan fingerprint density at radius 2 is 1.87 bits per heavy atom. The molecule has 0 fully saturated rings. The second-order valence-corrected chi connectivity index (χ2v) is 5.83. The Kier molecular flexibility index (Phi) is 9.55. The van der Waals surface area contributed by atoms with Crippen LogP contribution in [0.3, 0.4) is 0 Å². The molecule has 0 saturated carbocycles. The molecular formula is C16H28BN3O3. The Morgan fingerprint density at radius 3 is 2.48 bits per heavy atom. The van der Waals surface area contributed by atoms with E-state index in [1.54, 1.807) is 0 Å². The standard InChI is InChI=1S/C16H28BN3O3/c18-11-5-4-8-15(19)16(21)20-12-14(17(22)23)10-9-13-6-2-1-3-7-13/h1-3,6-7,14-15,22-23H,4-5,8-12,18-19H2,(H,20,21)/t14?,15-/m0/s1. The Bertz CT molecular complexity index is 445. The molecule has 7 heteroatoms. The number of hydrogen-bond acceptors (Lipinski definition) is 5. The maximum atomic E-state index is 11.9. The summed E-state index contributed by atoms with van der Waals surface area (Å²) < 4.78 is 0. The van der Waals surface area contributed by atoms with Crippen molar-refractivity contribution < 1.29 is 14.8 Å². The van der Waals surface area contributed by atoms with Gasteiger partial charge in [-0.25, -0.2) is 0 Å². The average Bonchev–Trinajstić information content (AvgIpc) is 2.55. The first-order chi connectivity index (χ1) is 11.0. The topological polar surface area (TPSA) is 122 Å². The normalized spacial score (nSPS) is 13.4. The average molecular weight is 321 g/mol. The number of carbonyl (C=O) groups is 1. The number of rotatable bonds is 11. The first-order valence-corrected chi connectivity index (χ1v) is 8.18. The molecule has 2 atom stereocenters. The number of carbonyl (C=O) groups excluding carboxylic acids is 1. The van der Waals surface area contributed by atoms with E-state index in [0.717, 1.165) is 24.8 Å². The molecule has 0 spiro atoms. The summed E-state index contributed by atoms with van der Waals surface area (Å²) >= 11 is 0. The van der Waals surface area contributed by atoms with Gasteiger partial charge in [0, 0.05) is 12.4 Å². The van der Waals surface area contributed by atoms with Gasteiger partial charge in [0.2, 0.25) is 5.91 Å². The minimum Gasteiger partial charge on any atom is -0.427 e. The van der Waals surface area contributed by atoms with Gasteiger partial charge in [-0.05, 0) is 37.8 Å². The lowest BCUT2D eigenvalue weighted by Crippen LogP contribution is -2.43.